The molecule has 1 unspecified atom stereocenters. The summed E-state index contributed by atoms with van der Waals surface area (Å²) < 4.78 is 10.7. The van der Waals surface area contributed by atoms with Crippen molar-refractivity contribution >= 4 is 17.9 Å². The van der Waals surface area contributed by atoms with Crippen LogP contribution in [0.1, 0.15) is 30.4 Å². The molecular formula is C12H13ClO3. The van der Waals surface area contributed by atoms with Crippen molar-refractivity contribution in [3.05, 3.63) is 22.2 Å². The molecule has 1 aliphatic rings. The van der Waals surface area contributed by atoms with Gasteiger partial charge in [0.15, 0.2) is 11.5 Å². The fraction of sp³-hybridized carbons (Fsp3) is 0.417. The molecule has 0 bridgehead atoms. The molecule has 0 radical (unpaired) electrons. The van der Waals surface area contributed by atoms with Gasteiger partial charge in [0.2, 0.25) is 6.79 Å². The Morgan fingerprint density at radius 3 is 3.00 bits per heavy atom. The number of halogens is 1. The molecular weight excluding hydrogens is 228 g/mol. The van der Waals surface area contributed by atoms with Crippen LogP contribution in [0, 0.1) is 6.92 Å². The first-order valence-corrected chi connectivity index (χ1v) is 5.55. The second-order valence-electron chi connectivity index (χ2n) is 3.94. The fourth-order valence-corrected chi connectivity index (χ4v) is 2.17. The molecule has 4 heteroatoms. The summed E-state index contributed by atoms with van der Waals surface area (Å²) in [5.74, 6) is 1.53. The van der Waals surface area contributed by atoms with Gasteiger partial charge in [-0.1, -0.05) is 18.5 Å². The molecule has 0 aromatic heterocycles. The van der Waals surface area contributed by atoms with Crippen LogP contribution in [0.2, 0.25) is 5.02 Å². The molecule has 1 aliphatic heterocycles. The van der Waals surface area contributed by atoms with Crippen molar-refractivity contribution in [2.24, 2.45) is 0 Å². The molecule has 0 saturated carbocycles. The Hall–Kier alpha value is -1.22. The zero-order valence-corrected chi connectivity index (χ0v) is 10.0. The Labute approximate surface area is 99.3 Å². The molecule has 0 saturated heterocycles. The predicted molar refractivity (Wildman–Crippen MR) is 61.4 cm³/mol. The lowest BCUT2D eigenvalue weighted by atomic mass is 9.96. The summed E-state index contributed by atoms with van der Waals surface area (Å²) in [4.78, 5) is 10.5. The number of hydrogen-bond donors (Lipinski definition) is 0. The maximum absolute atomic E-state index is 10.5. The molecule has 1 heterocycles. The average molecular weight is 241 g/mol. The Balaban J connectivity index is 2.47. The lowest BCUT2D eigenvalue weighted by Gasteiger charge is -2.14. The van der Waals surface area contributed by atoms with E-state index < -0.39 is 0 Å². The van der Waals surface area contributed by atoms with Crippen LogP contribution in [0.4, 0.5) is 0 Å². The van der Waals surface area contributed by atoms with E-state index in [-0.39, 0.29) is 12.7 Å². The Morgan fingerprint density at radius 1 is 1.56 bits per heavy atom. The highest BCUT2D eigenvalue weighted by atomic mass is 35.5. The molecule has 1 aromatic carbocycles. The number of carbonyl (C=O) groups is 1. The second-order valence-corrected chi connectivity index (χ2v) is 4.32. The van der Waals surface area contributed by atoms with Gasteiger partial charge in [-0.3, -0.25) is 0 Å². The number of benzene rings is 1. The average Bonchev–Trinajstić information content (AvgIpc) is 2.71. The SMILES string of the molecule is Cc1c(Cl)c(C(C)CC=O)cc2c1OCO2. The molecule has 1 aromatic rings. The van der Waals surface area contributed by atoms with Gasteiger partial charge in [-0.25, -0.2) is 0 Å². The molecule has 16 heavy (non-hydrogen) atoms. The molecule has 0 fully saturated rings. The van der Waals surface area contributed by atoms with Crippen LogP contribution >= 0.6 is 11.6 Å². The lowest BCUT2D eigenvalue weighted by Crippen LogP contribution is -1.97. The minimum absolute atomic E-state index is 0.0956. The van der Waals surface area contributed by atoms with Gasteiger partial charge in [0.05, 0.1) is 5.02 Å². The van der Waals surface area contributed by atoms with E-state index in [9.17, 15) is 4.79 Å². The topological polar surface area (TPSA) is 35.5 Å². The summed E-state index contributed by atoms with van der Waals surface area (Å²) in [7, 11) is 0. The highest BCUT2D eigenvalue weighted by Gasteiger charge is 2.22. The highest BCUT2D eigenvalue weighted by Crippen LogP contribution is 2.43. The van der Waals surface area contributed by atoms with Crippen molar-refractivity contribution in [3.8, 4) is 11.5 Å². The highest BCUT2D eigenvalue weighted by molar-refractivity contribution is 6.32. The van der Waals surface area contributed by atoms with Gasteiger partial charge in [0.25, 0.3) is 0 Å². The Bertz CT molecular complexity index is 429. The number of rotatable bonds is 3. The number of ether oxygens (including phenoxy) is 2. The third-order valence-corrected chi connectivity index (χ3v) is 3.33. The van der Waals surface area contributed by atoms with Crippen LogP contribution in [-0.4, -0.2) is 13.1 Å². The van der Waals surface area contributed by atoms with Crippen molar-refractivity contribution in [2.45, 2.75) is 26.2 Å². The van der Waals surface area contributed by atoms with Gasteiger partial charge in [0.1, 0.15) is 6.29 Å². The Morgan fingerprint density at radius 2 is 2.31 bits per heavy atom. The summed E-state index contributed by atoms with van der Waals surface area (Å²) >= 11 is 6.26. The lowest BCUT2D eigenvalue weighted by molar-refractivity contribution is -0.108. The number of carbonyl (C=O) groups excluding carboxylic acids is 1. The van der Waals surface area contributed by atoms with Crippen LogP contribution < -0.4 is 9.47 Å². The predicted octanol–water partition coefficient (Wildman–Crippen LogP) is 3.07. The van der Waals surface area contributed by atoms with E-state index >= 15 is 0 Å². The van der Waals surface area contributed by atoms with Crippen molar-refractivity contribution < 1.29 is 14.3 Å². The number of hydrogen-bond acceptors (Lipinski definition) is 3. The van der Waals surface area contributed by atoms with Gasteiger partial charge >= 0.3 is 0 Å². The molecule has 2 rings (SSSR count). The first kappa shape index (κ1) is 11.3. The van der Waals surface area contributed by atoms with E-state index in [2.05, 4.69) is 0 Å². The van der Waals surface area contributed by atoms with E-state index in [1.165, 1.54) is 0 Å². The zero-order valence-electron chi connectivity index (χ0n) is 9.25. The standard InChI is InChI=1S/C12H13ClO3/c1-7(3-4-14)9-5-10-12(16-6-15-10)8(2)11(9)13/h4-5,7H,3,6H2,1-2H3. The summed E-state index contributed by atoms with van der Waals surface area (Å²) in [6, 6.07) is 1.87. The monoisotopic (exact) mass is 240 g/mol. The first-order valence-electron chi connectivity index (χ1n) is 5.17. The largest absolute Gasteiger partial charge is 0.454 e. The van der Waals surface area contributed by atoms with Crippen LogP contribution in [-0.2, 0) is 4.79 Å². The summed E-state index contributed by atoms with van der Waals surface area (Å²) in [6.07, 6.45) is 1.36. The number of fused-ring (bicyclic) bond motifs is 1. The number of aldehydes is 1. The summed E-state index contributed by atoms with van der Waals surface area (Å²) in [5, 5.41) is 0.665. The zero-order chi connectivity index (χ0) is 11.7. The maximum Gasteiger partial charge on any atom is 0.231 e. The third kappa shape index (κ3) is 1.76. The second kappa shape index (κ2) is 4.34. The van der Waals surface area contributed by atoms with Crippen molar-refractivity contribution in [1.29, 1.82) is 0 Å². The first-order chi connectivity index (χ1) is 7.65. The molecule has 0 aliphatic carbocycles. The minimum Gasteiger partial charge on any atom is -0.454 e. The summed E-state index contributed by atoms with van der Waals surface area (Å²) in [6.45, 7) is 4.10. The van der Waals surface area contributed by atoms with Crippen molar-refractivity contribution in [2.75, 3.05) is 6.79 Å². The van der Waals surface area contributed by atoms with E-state index in [4.69, 9.17) is 21.1 Å². The third-order valence-electron chi connectivity index (χ3n) is 2.83. The molecule has 1 atom stereocenters. The van der Waals surface area contributed by atoms with Crippen molar-refractivity contribution in [3.63, 3.8) is 0 Å². The molecule has 0 N–H and O–H groups in total. The van der Waals surface area contributed by atoms with E-state index in [0.29, 0.717) is 17.2 Å². The molecule has 3 nitrogen and oxygen atoms in total. The van der Waals surface area contributed by atoms with Gasteiger partial charge in [0, 0.05) is 12.0 Å². The molecule has 0 amide bonds. The van der Waals surface area contributed by atoms with E-state index in [1.54, 1.807) is 0 Å². The van der Waals surface area contributed by atoms with Gasteiger partial charge in [-0.2, -0.15) is 0 Å². The van der Waals surface area contributed by atoms with Gasteiger partial charge in [-0.15, -0.1) is 0 Å². The van der Waals surface area contributed by atoms with Crippen LogP contribution in [0.5, 0.6) is 11.5 Å². The van der Waals surface area contributed by atoms with Crippen LogP contribution in [0.3, 0.4) is 0 Å². The minimum atomic E-state index is 0.0956. The van der Waals surface area contributed by atoms with Gasteiger partial charge < -0.3 is 14.3 Å². The Kier molecular flexibility index (Phi) is 3.06. The quantitative estimate of drug-likeness (QED) is 0.762. The molecule has 0 spiro atoms. The maximum atomic E-state index is 10.5. The summed E-state index contributed by atoms with van der Waals surface area (Å²) in [5.41, 5.74) is 1.82. The smallest absolute Gasteiger partial charge is 0.231 e. The van der Waals surface area contributed by atoms with Crippen molar-refractivity contribution in [1.82, 2.24) is 0 Å². The fourth-order valence-electron chi connectivity index (χ4n) is 1.84. The normalized spacial score (nSPS) is 14.9. The van der Waals surface area contributed by atoms with E-state index in [0.717, 1.165) is 23.2 Å². The van der Waals surface area contributed by atoms with Crippen LogP contribution in [0.15, 0.2) is 6.07 Å². The van der Waals surface area contributed by atoms with Crippen LogP contribution in [0.25, 0.3) is 0 Å². The van der Waals surface area contributed by atoms with E-state index in [1.807, 2.05) is 19.9 Å². The molecule has 86 valence electrons. The van der Waals surface area contributed by atoms with Gasteiger partial charge in [-0.05, 0) is 24.5 Å².